The van der Waals surface area contributed by atoms with Crippen LogP contribution in [0.15, 0.2) is 17.7 Å². The van der Waals surface area contributed by atoms with E-state index in [9.17, 15) is 14.4 Å². The van der Waals surface area contributed by atoms with Crippen LogP contribution in [0, 0.1) is 0 Å². The van der Waals surface area contributed by atoms with Crippen molar-refractivity contribution >= 4 is 17.7 Å². The van der Waals surface area contributed by atoms with Crippen molar-refractivity contribution in [2.75, 3.05) is 13.1 Å². The molecule has 1 aliphatic heterocycles. The number of hydrogen-bond donors (Lipinski definition) is 2. The Labute approximate surface area is 202 Å². The van der Waals surface area contributed by atoms with Gasteiger partial charge in [-0.2, -0.15) is 5.10 Å². The zero-order valence-electron chi connectivity index (χ0n) is 20.7. The Hall–Kier alpha value is -2.64. The average Bonchev–Trinajstić information content (AvgIpc) is 3.49. The summed E-state index contributed by atoms with van der Waals surface area (Å²) in [5.74, 6) is -0.636. The lowest BCUT2D eigenvalue weighted by atomic mass is 9.94. The summed E-state index contributed by atoms with van der Waals surface area (Å²) in [5.41, 5.74) is 0.982. The molecular weight excluding hydrogens is 430 g/mol. The normalized spacial score (nSPS) is 22.9. The van der Waals surface area contributed by atoms with Crippen LogP contribution in [0.5, 0.6) is 0 Å². The van der Waals surface area contributed by atoms with Crippen LogP contribution < -0.4 is 10.6 Å². The largest absolute Gasteiger partial charge is 0.351 e. The molecule has 34 heavy (non-hydrogen) atoms. The fraction of sp³-hybridized carbons (Fsp3) is 0.692. The minimum atomic E-state index is -1.03. The number of allylic oxidation sites excluding steroid dienone is 1. The van der Waals surface area contributed by atoms with Crippen molar-refractivity contribution in [3.8, 4) is 0 Å². The molecule has 1 aromatic rings. The van der Waals surface area contributed by atoms with Gasteiger partial charge < -0.3 is 15.5 Å². The van der Waals surface area contributed by atoms with Crippen LogP contribution in [-0.4, -0.2) is 57.1 Å². The van der Waals surface area contributed by atoms with Crippen molar-refractivity contribution < 1.29 is 14.4 Å². The highest BCUT2D eigenvalue weighted by atomic mass is 16.2. The summed E-state index contributed by atoms with van der Waals surface area (Å²) in [4.78, 5) is 41.4. The number of nitrogens with zero attached hydrogens (tertiary/aromatic N) is 3. The van der Waals surface area contributed by atoms with Gasteiger partial charge in [-0.05, 0) is 58.3 Å². The van der Waals surface area contributed by atoms with Crippen LogP contribution in [0.1, 0.15) is 105 Å². The van der Waals surface area contributed by atoms with Gasteiger partial charge in [0.15, 0.2) is 5.69 Å². The van der Waals surface area contributed by atoms with E-state index in [4.69, 9.17) is 0 Å². The van der Waals surface area contributed by atoms with Gasteiger partial charge in [0, 0.05) is 25.2 Å². The SMILES string of the molecule is CCCCN1C(=O)c2cc(C(=O)NCCC3=CCCCC3)nn2C[C@@]1(C)C(=O)NC1CCCC1. The summed E-state index contributed by atoms with van der Waals surface area (Å²) in [6.45, 7) is 5.21. The van der Waals surface area contributed by atoms with Crippen LogP contribution in [0.2, 0.25) is 0 Å². The first-order chi connectivity index (χ1) is 16.4. The molecule has 0 radical (unpaired) electrons. The van der Waals surface area contributed by atoms with Gasteiger partial charge in [-0.3, -0.25) is 19.1 Å². The molecule has 0 bridgehead atoms. The molecule has 3 aliphatic rings. The fourth-order valence-corrected chi connectivity index (χ4v) is 5.39. The highest BCUT2D eigenvalue weighted by Crippen LogP contribution is 2.29. The maximum absolute atomic E-state index is 13.5. The number of aromatic nitrogens is 2. The van der Waals surface area contributed by atoms with E-state index in [-0.39, 0.29) is 36.0 Å². The molecule has 3 amide bonds. The molecule has 8 heteroatoms. The summed E-state index contributed by atoms with van der Waals surface area (Å²) in [6.07, 6.45) is 13.8. The monoisotopic (exact) mass is 469 g/mol. The highest BCUT2D eigenvalue weighted by Gasteiger charge is 2.48. The van der Waals surface area contributed by atoms with Gasteiger partial charge in [0.25, 0.3) is 11.8 Å². The summed E-state index contributed by atoms with van der Waals surface area (Å²) in [5, 5.41) is 10.6. The first-order valence-corrected chi connectivity index (χ1v) is 13.1. The second-order valence-corrected chi connectivity index (χ2v) is 10.2. The number of rotatable bonds is 9. The number of fused-ring (bicyclic) bond motifs is 1. The molecular formula is C26H39N5O3. The summed E-state index contributed by atoms with van der Waals surface area (Å²) < 4.78 is 1.55. The predicted octanol–water partition coefficient (Wildman–Crippen LogP) is 3.58. The van der Waals surface area contributed by atoms with Gasteiger partial charge in [-0.25, -0.2) is 0 Å². The first-order valence-electron chi connectivity index (χ1n) is 13.1. The smallest absolute Gasteiger partial charge is 0.273 e. The molecule has 8 nitrogen and oxygen atoms in total. The maximum Gasteiger partial charge on any atom is 0.273 e. The standard InChI is InChI=1S/C26H39N5O3/c1-3-4-16-30-24(33)22-17-21(23(32)27-15-14-19-10-6-5-7-11-19)29-31(22)18-26(30,2)25(34)28-20-12-8-9-13-20/h10,17,20H,3-9,11-16,18H2,1-2H3,(H,27,32)(H,28,34)/t26-/m0/s1. The van der Waals surface area contributed by atoms with Crippen LogP contribution >= 0.6 is 0 Å². The molecule has 2 aliphatic carbocycles. The molecule has 186 valence electrons. The van der Waals surface area contributed by atoms with Crippen molar-refractivity contribution in [3.05, 3.63) is 29.1 Å². The quantitative estimate of drug-likeness (QED) is 0.541. The van der Waals surface area contributed by atoms with Crippen molar-refractivity contribution in [2.45, 2.75) is 103 Å². The Bertz CT molecular complexity index is 946. The molecule has 1 fully saturated rings. The molecule has 0 unspecified atom stereocenters. The van der Waals surface area contributed by atoms with Gasteiger partial charge in [-0.1, -0.05) is 37.8 Å². The molecule has 1 atom stereocenters. The molecule has 2 N–H and O–H groups in total. The van der Waals surface area contributed by atoms with Crippen LogP contribution in [0.4, 0.5) is 0 Å². The molecule has 2 heterocycles. The van der Waals surface area contributed by atoms with E-state index in [0.29, 0.717) is 18.8 Å². The second kappa shape index (κ2) is 10.7. The Kier molecular flexibility index (Phi) is 7.73. The number of nitrogens with one attached hydrogen (secondary N) is 2. The number of hydrogen-bond acceptors (Lipinski definition) is 4. The van der Waals surface area contributed by atoms with Gasteiger partial charge >= 0.3 is 0 Å². The fourth-order valence-electron chi connectivity index (χ4n) is 5.39. The third kappa shape index (κ3) is 5.20. The van der Waals surface area contributed by atoms with Gasteiger partial charge in [0.2, 0.25) is 5.91 Å². The minimum Gasteiger partial charge on any atom is -0.351 e. The number of carbonyl (C=O) groups excluding carboxylic acids is 3. The Morgan fingerprint density at radius 2 is 2.00 bits per heavy atom. The van der Waals surface area contributed by atoms with E-state index >= 15 is 0 Å². The van der Waals surface area contributed by atoms with Crippen LogP contribution in [0.25, 0.3) is 0 Å². The van der Waals surface area contributed by atoms with E-state index in [1.54, 1.807) is 15.6 Å². The van der Waals surface area contributed by atoms with Crippen molar-refractivity contribution in [2.24, 2.45) is 0 Å². The Balaban J connectivity index is 1.48. The second-order valence-electron chi connectivity index (χ2n) is 10.2. The van der Waals surface area contributed by atoms with Gasteiger partial charge in [-0.15, -0.1) is 0 Å². The predicted molar refractivity (Wildman–Crippen MR) is 130 cm³/mol. The van der Waals surface area contributed by atoms with E-state index in [1.165, 1.54) is 18.4 Å². The summed E-state index contributed by atoms with van der Waals surface area (Å²) in [7, 11) is 0. The molecule has 0 spiro atoms. The van der Waals surface area contributed by atoms with Gasteiger partial charge in [0.05, 0.1) is 6.54 Å². The van der Waals surface area contributed by atoms with E-state index < -0.39 is 5.54 Å². The molecule has 0 saturated heterocycles. The lowest BCUT2D eigenvalue weighted by molar-refractivity contribution is -0.133. The minimum absolute atomic E-state index is 0.128. The van der Waals surface area contributed by atoms with E-state index in [2.05, 4.69) is 28.7 Å². The summed E-state index contributed by atoms with van der Waals surface area (Å²) >= 11 is 0. The highest BCUT2D eigenvalue weighted by molar-refractivity contribution is 6.01. The van der Waals surface area contributed by atoms with Crippen molar-refractivity contribution in [1.82, 2.24) is 25.3 Å². The number of unbranched alkanes of at least 4 members (excludes halogenated alkanes) is 1. The molecule has 4 rings (SSSR count). The third-order valence-corrected chi connectivity index (χ3v) is 7.56. The topological polar surface area (TPSA) is 96.3 Å². The number of amides is 3. The summed E-state index contributed by atoms with van der Waals surface area (Å²) in [6, 6.07) is 1.75. The van der Waals surface area contributed by atoms with Crippen LogP contribution in [-0.2, 0) is 11.3 Å². The van der Waals surface area contributed by atoms with Crippen molar-refractivity contribution in [3.63, 3.8) is 0 Å². The van der Waals surface area contributed by atoms with Crippen molar-refractivity contribution in [1.29, 1.82) is 0 Å². The van der Waals surface area contributed by atoms with Crippen LogP contribution in [0.3, 0.4) is 0 Å². The Morgan fingerprint density at radius 1 is 1.21 bits per heavy atom. The maximum atomic E-state index is 13.5. The third-order valence-electron chi connectivity index (χ3n) is 7.56. The molecule has 1 aromatic heterocycles. The lowest BCUT2D eigenvalue weighted by Gasteiger charge is -2.43. The average molecular weight is 470 g/mol. The molecule has 0 aromatic carbocycles. The zero-order chi connectivity index (χ0) is 24.1. The van der Waals surface area contributed by atoms with E-state index in [0.717, 1.165) is 57.8 Å². The first kappa shape index (κ1) is 24.5. The molecule has 1 saturated carbocycles. The van der Waals surface area contributed by atoms with E-state index in [1.807, 2.05) is 6.92 Å². The zero-order valence-corrected chi connectivity index (χ0v) is 20.7. The number of carbonyl (C=O) groups is 3. The lowest BCUT2D eigenvalue weighted by Crippen LogP contribution is -2.65. The van der Waals surface area contributed by atoms with Gasteiger partial charge in [0.1, 0.15) is 11.2 Å². The Morgan fingerprint density at radius 3 is 2.71 bits per heavy atom.